The van der Waals surface area contributed by atoms with Crippen molar-refractivity contribution in [2.45, 2.75) is 69.8 Å². The highest BCUT2D eigenvalue weighted by Gasteiger charge is 2.58. The Morgan fingerprint density at radius 3 is 2.28 bits per heavy atom. The lowest BCUT2D eigenvalue weighted by Crippen LogP contribution is -2.40. The minimum atomic E-state index is -0.620. The average Bonchev–Trinajstić information content (AvgIpc) is 3.17. The van der Waals surface area contributed by atoms with Gasteiger partial charge in [0, 0.05) is 0 Å². The van der Waals surface area contributed by atoms with Gasteiger partial charge in [-0.15, -0.1) is 0 Å². The van der Waals surface area contributed by atoms with Crippen LogP contribution in [0, 0.1) is 0 Å². The van der Waals surface area contributed by atoms with E-state index in [1.807, 2.05) is 45.9 Å². The zero-order valence-corrected chi connectivity index (χ0v) is 15.2. The fourth-order valence-electron chi connectivity index (χ4n) is 3.76. The molecule has 0 bridgehead atoms. The van der Waals surface area contributed by atoms with E-state index in [4.69, 9.17) is 23.7 Å². The predicted molar refractivity (Wildman–Crippen MR) is 92.9 cm³/mol. The zero-order valence-electron chi connectivity index (χ0n) is 15.2. The molecule has 0 N–H and O–H groups in total. The van der Waals surface area contributed by atoms with E-state index in [1.54, 1.807) is 0 Å². The second kappa shape index (κ2) is 6.18. The van der Waals surface area contributed by atoms with E-state index in [1.165, 1.54) is 0 Å². The zero-order chi connectivity index (χ0) is 17.7. The molecule has 4 rings (SSSR count). The van der Waals surface area contributed by atoms with E-state index in [2.05, 4.69) is 24.3 Å². The van der Waals surface area contributed by atoms with Gasteiger partial charge in [0.25, 0.3) is 0 Å². The van der Waals surface area contributed by atoms with E-state index < -0.39 is 11.6 Å². The van der Waals surface area contributed by atoms with Crippen LogP contribution in [0.15, 0.2) is 36.4 Å². The van der Waals surface area contributed by atoms with Crippen LogP contribution in [0.3, 0.4) is 0 Å². The Bertz CT molecular complexity index is 639. The molecule has 0 unspecified atom stereocenters. The van der Waals surface area contributed by atoms with Crippen LogP contribution >= 0.6 is 0 Å². The summed E-state index contributed by atoms with van der Waals surface area (Å²) in [6.45, 7) is 8.22. The summed E-state index contributed by atoms with van der Waals surface area (Å²) in [6, 6.07) is 10.2. The molecule has 0 saturated carbocycles. The molecule has 25 heavy (non-hydrogen) atoms. The Labute approximate surface area is 148 Å². The Morgan fingerprint density at radius 2 is 1.60 bits per heavy atom. The van der Waals surface area contributed by atoms with Crippen molar-refractivity contribution in [1.29, 1.82) is 0 Å². The van der Waals surface area contributed by atoms with Crippen LogP contribution in [-0.2, 0) is 23.7 Å². The summed E-state index contributed by atoms with van der Waals surface area (Å²) in [5, 5.41) is 0. The lowest BCUT2D eigenvalue weighted by Gasteiger charge is -2.26. The molecule has 1 aromatic rings. The third-order valence-electron chi connectivity index (χ3n) is 4.80. The van der Waals surface area contributed by atoms with Gasteiger partial charge in [-0.05, 0) is 33.3 Å². The molecule has 0 aromatic heterocycles. The Hall–Kier alpha value is -1.24. The minimum absolute atomic E-state index is 0.146. The van der Waals surface area contributed by atoms with E-state index >= 15 is 0 Å². The lowest BCUT2D eigenvalue weighted by molar-refractivity contribution is -0.201. The second-order valence-electron chi connectivity index (χ2n) is 7.77. The van der Waals surface area contributed by atoms with Gasteiger partial charge in [0.1, 0.15) is 30.5 Å². The molecule has 0 aliphatic carbocycles. The van der Waals surface area contributed by atoms with E-state index in [-0.39, 0.29) is 30.5 Å². The first-order chi connectivity index (χ1) is 11.8. The van der Waals surface area contributed by atoms with Crippen molar-refractivity contribution in [3.63, 3.8) is 0 Å². The molecular formula is C20H26O5. The van der Waals surface area contributed by atoms with E-state index in [0.29, 0.717) is 6.61 Å². The highest BCUT2D eigenvalue weighted by molar-refractivity contribution is 5.49. The number of fused-ring (bicyclic) bond motifs is 1. The van der Waals surface area contributed by atoms with Gasteiger partial charge >= 0.3 is 0 Å². The summed E-state index contributed by atoms with van der Waals surface area (Å²) in [5.41, 5.74) is 1.13. The first-order valence-corrected chi connectivity index (χ1v) is 8.89. The van der Waals surface area contributed by atoms with Crippen LogP contribution in [0.4, 0.5) is 0 Å². The molecule has 5 nitrogen and oxygen atoms in total. The molecule has 0 spiro atoms. The van der Waals surface area contributed by atoms with Gasteiger partial charge in [-0.2, -0.15) is 0 Å². The van der Waals surface area contributed by atoms with Gasteiger partial charge in [-0.25, -0.2) is 0 Å². The van der Waals surface area contributed by atoms with Crippen LogP contribution in [-0.4, -0.2) is 48.7 Å². The molecule has 3 saturated heterocycles. The van der Waals surface area contributed by atoms with Crippen molar-refractivity contribution in [3.8, 4) is 0 Å². The maximum Gasteiger partial charge on any atom is 0.164 e. The third kappa shape index (κ3) is 3.52. The summed E-state index contributed by atoms with van der Waals surface area (Å²) >= 11 is 0. The van der Waals surface area contributed by atoms with Gasteiger partial charge in [0.2, 0.25) is 0 Å². The Balaban J connectivity index is 1.54. The van der Waals surface area contributed by atoms with Crippen LogP contribution in [0.1, 0.15) is 33.3 Å². The van der Waals surface area contributed by atoms with Crippen molar-refractivity contribution in [2.24, 2.45) is 0 Å². The predicted octanol–water partition coefficient (Wildman–Crippen LogP) is 3.14. The van der Waals surface area contributed by atoms with Gasteiger partial charge < -0.3 is 23.7 Å². The first-order valence-electron chi connectivity index (χ1n) is 8.89. The average molecular weight is 346 g/mol. The first kappa shape index (κ1) is 17.2. The maximum absolute atomic E-state index is 6.28. The monoisotopic (exact) mass is 346 g/mol. The molecule has 3 aliphatic rings. The summed E-state index contributed by atoms with van der Waals surface area (Å²) < 4.78 is 30.3. The van der Waals surface area contributed by atoms with Crippen molar-refractivity contribution in [3.05, 3.63) is 42.0 Å². The molecular weight excluding hydrogens is 320 g/mol. The van der Waals surface area contributed by atoms with Crippen molar-refractivity contribution in [1.82, 2.24) is 0 Å². The minimum Gasteiger partial charge on any atom is -0.362 e. The molecule has 0 amide bonds. The quantitative estimate of drug-likeness (QED) is 0.841. The standard InChI is InChI=1S/C20H26O5/c1-19(2)21-12-15(23-19)16-18-17(24-20(3,4)25-18)14(22-16)11-10-13-8-6-5-7-9-13/h5-11,14-18H,12H2,1-4H3/b11-10-/t14-,15-,16-,17-,18+/m1/s1. The maximum atomic E-state index is 6.28. The highest BCUT2D eigenvalue weighted by Crippen LogP contribution is 2.42. The molecule has 0 radical (unpaired) electrons. The number of ether oxygens (including phenoxy) is 5. The summed E-state index contributed by atoms with van der Waals surface area (Å²) in [4.78, 5) is 0. The van der Waals surface area contributed by atoms with E-state index in [9.17, 15) is 0 Å². The topological polar surface area (TPSA) is 46.2 Å². The number of hydrogen-bond acceptors (Lipinski definition) is 5. The molecule has 3 fully saturated rings. The molecule has 3 aliphatic heterocycles. The normalized spacial score (nSPS) is 39.1. The number of rotatable bonds is 3. The fraction of sp³-hybridized carbons (Fsp3) is 0.600. The highest BCUT2D eigenvalue weighted by atomic mass is 16.8. The van der Waals surface area contributed by atoms with Crippen LogP contribution in [0.2, 0.25) is 0 Å². The molecule has 5 heteroatoms. The number of hydrogen-bond donors (Lipinski definition) is 0. The van der Waals surface area contributed by atoms with Gasteiger partial charge in [-0.3, -0.25) is 0 Å². The molecule has 5 atom stereocenters. The van der Waals surface area contributed by atoms with Gasteiger partial charge in [0.05, 0.1) is 6.61 Å². The van der Waals surface area contributed by atoms with Crippen molar-refractivity contribution >= 4 is 6.08 Å². The summed E-state index contributed by atoms with van der Waals surface area (Å²) in [7, 11) is 0. The van der Waals surface area contributed by atoms with Gasteiger partial charge in [-0.1, -0.05) is 42.5 Å². The van der Waals surface area contributed by atoms with Crippen molar-refractivity contribution in [2.75, 3.05) is 6.61 Å². The second-order valence-corrected chi connectivity index (χ2v) is 7.77. The fourth-order valence-corrected chi connectivity index (χ4v) is 3.76. The third-order valence-corrected chi connectivity index (χ3v) is 4.80. The molecule has 1 aromatic carbocycles. The summed E-state index contributed by atoms with van der Waals surface area (Å²) in [5.74, 6) is -1.21. The van der Waals surface area contributed by atoms with Crippen LogP contribution in [0.25, 0.3) is 6.08 Å². The van der Waals surface area contributed by atoms with Crippen molar-refractivity contribution < 1.29 is 23.7 Å². The van der Waals surface area contributed by atoms with Crippen LogP contribution < -0.4 is 0 Å². The van der Waals surface area contributed by atoms with E-state index in [0.717, 1.165) is 5.56 Å². The molecule has 3 heterocycles. The SMILES string of the molecule is CC1(C)O[C@@H]2[C@H](O1)[C@@H](/C=C\c1ccccc1)O[C@@H]2[C@H]1COC(C)(C)O1. The smallest absolute Gasteiger partial charge is 0.164 e. The van der Waals surface area contributed by atoms with Crippen LogP contribution in [0.5, 0.6) is 0 Å². The Kier molecular flexibility index (Phi) is 4.25. The molecule has 136 valence electrons. The Morgan fingerprint density at radius 1 is 0.880 bits per heavy atom. The summed E-state index contributed by atoms with van der Waals surface area (Å²) in [6.07, 6.45) is 3.27. The van der Waals surface area contributed by atoms with Gasteiger partial charge in [0.15, 0.2) is 11.6 Å². The number of benzene rings is 1. The lowest BCUT2D eigenvalue weighted by atomic mass is 10.0. The largest absolute Gasteiger partial charge is 0.362 e.